The van der Waals surface area contributed by atoms with E-state index in [1.165, 1.54) is 18.4 Å². The highest BCUT2D eigenvalue weighted by Gasteiger charge is 2.19. The molecule has 114 valence electrons. The fraction of sp³-hybridized carbons (Fsp3) is 0.0556. The summed E-state index contributed by atoms with van der Waals surface area (Å²) in [4.78, 5) is 12.8. The average Bonchev–Trinajstić information content (AvgIpc) is 2.56. The Morgan fingerprint density at radius 1 is 1.09 bits per heavy atom. The molecule has 0 saturated heterocycles. The van der Waals surface area contributed by atoms with Crippen LogP contribution in [0.25, 0.3) is 28.2 Å². The molecule has 0 atom stereocenters. The summed E-state index contributed by atoms with van der Waals surface area (Å²) in [7, 11) is 0. The highest BCUT2D eigenvalue weighted by Crippen LogP contribution is 2.38. The van der Waals surface area contributed by atoms with Crippen LogP contribution in [0.2, 0.25) is 0 Å². The van der Waals surface area contributed by atoms with Crippen molar-refractivity contribution in [3.05, 3.63) is 58.5 Å². The maximum Gasteiger partial charge on any atom is 0.204 e. The lowest BCUT2D eigenvalue weighted by Gasteiger charge is -2.15. The molecule has 23 heavy (non-hydrogen) atoms. The Morgan fingerprint density at radius 3 is 2.65 bits per heavy atom. The molecule has 2 heterocycles. The Kier molecular flexibility index (Phi) is 2.87. The molecule has 5 heteroatoms. The Balaban J connectivity index is 2.02. The largest absolute Gasteiger partial charge is 0.508 e. The summed E-state index contributed by atoms with van der Waals surface area (Å²) in [5.74, 6) is 0.444. The fourth-order valence-electron chi connectivity index (χ4n) is 2.68. The van der Waals surface area contributed by atoms with Crippen LogP contribution in [-0.2, 0) is 0 Å². The molecule has 0 spiro atoms. The number of hydrogen-bond donors (Lipinski definition) is 2. The van der Waals surface area contributed by atoms with Crippen LogP contribution in [0.3, 0.4) is 0 Å². The third-order valence-corrected chi connectivity index (χ3v) is 3.84. The molecule has 3 aromatic rings. The lowest BCUT2D eigenvalue weighted by atomic mass is 10.0. The van der Waals surface area contributed by atoms with E-state index in [0.29, 0.717) is 29.0 Å². The smallest absolute Gasteiger partial charge is 0.204 e. The predicted octanol–water partition coefficient (Wildman–Crippen LogP) is 3.28. The van der Waals surface area contributed by atoms with E-state index >= 15 is 0 Å². The van der Waals surface area contributed by atoms with Gasteiger partial charge >= 0.3 is 0 Å². The Morgan fingerprint density at radius 2 is 1.87 bits per heavy atom. The minimum atomic E-state index is -0.337. The van der Waals surface area contributed by atoms with Crippen LogP contribution in [0.4, 0.5) is 0 Å². The average molecular weight is 308 g/mol. The van der Waals surface area contributed by atoms with Crippen molar-refractivity contribution in [1.29, 1.82) is 0 Å². The molecule has 0 radical (unpaired) electrons. The number of aromatic hydroxyl groups is 2. The van der Waals surface area contributed by atoms with Crippen LogP contribution in [0, 0.1) is 0 Å². The summed E-state index contributed by atoms with van der Waals surface area (Å²) in [6, 6.07) is 7.82. The van der Waals surface area contributed by atoms with Gasteiger partial charge in [-0.1, -0.05) is 12.1 Å². The van der Waals surface area contributed by atoms with Crippen LogP contribution >= 0.6 is 0 Å². The molecule has 0 unspecified atom stereocenters. The van der Waals surface area contributed by atoms with Crippen LogP contribution in [0.1, 0.15) is 5.56 Å². The van der Waals surface area contributed by atoms with E-state index in [4.69, 9.17) is 9.15 Å². The van der Waals surface area contributed by atoms with Crippen LogP contribution in [0.5, 0.6) is 17.2 Å². The lowest BCUT2D eigenvalue weighted by Crippen LogP contribution is -2.07. The monoisotopic (exact) mass is 308 g/mol. The first-order valence-corrected chi connectivity index (χ1v) is 7.05. The highest BCUT2D eigenvalue weighted by atomic mass is 16.5. The van der Waals surface area contributed by atoms with Crippen LogP contribution < -0.4 is 10.2 Å². The molecular weight excluding hydrogens is 296 g/mol. The van der Waals surface area contributed by atoms with E-state index in [1.807, 2.05) is 0 Å². The van der Waals surface area contributed by atoms with Crippen molar-refractivity contribution >= 4 is 17.0 Å². The molecule has 5 nitrogen and oxygen atoms in total. The van der Waals surface area contributed by atoms with E-state index in [2.05, 4.69) is 0 Å². The van der Waals surface area contributed by atoms with Crippen molar-refractivity contribution in [3.8, 4) is 28.4 Å². The van der Waals surface area contributed by atoms with Crippen molar-refractivity contribution in [2.75, 3.05) is 6.61 Å². The Labute approximate surface area is 130 Å². The summed E-state index contributed by atoms with van der Waals surface area (Å²) >= 11 is 0. The molecule has 2 aromatic carbocycles. The number of hydrogen-bond acceptors (Lipinski definition) is 5. The topological polar surface area (TPSA) is 79.9 Å². The first kappa shape index (κ1) is 13.5. The zero-order valence-corrected chi connectivity index (χ0v) is 11.9. The number of fused-ring (bicyclic) bond motifs is 2. The van der Waals surface area contributed by atoms with Gasteiger partial charge in [-0.15, -0.1) is 0 Å². The second-order valence-corrected chi connectivity index (χ2v) is 5.25. The maximum absolute atomic E-state index is 12.8. The van der Waals surface area contributed by atoms with Gasteiger partial charge < -0.3 is 19.4 Å². The van der Waals surface area contributed by atoms with Gasteiger partial charge in [0.2, 0.25) is 5.43 Å². The summed E-state index contributed by atoms with van der Waals surface area (Å²) in [5, 5.41) is 19.9. The number of phenols is 2. The van der Waals surface area contributed by atoms with E-state index in [-0.39, 0.29) is 27.9 Å². The van der Waals surface area contributed by atoms with Gasteiger partial charge in [-0.3, -0.25) is 4.79 Å². The summed E-state index contributed by atoms with van der Waals surface area (Å²) in [6.07, 6.45) is 4.83. The minimum Gasteiger partial charge on any atom is -0.508 e. The van der Waals surface area contributed by atoms with Gasteiger partial charge in [0.15, 0.2) is 0 Å². The first-order chi connectivity index (χ1) is 11.1. The number of rotatable bonds is 1. The van der Waals surface area contributed by atoms with Gasteiger partial charge in [0.25, 0.3) is 0 Å². The molecular formula is C18H12O5. The normalized spacial score (nSPS) is 12.9. The quantitative estimate of drug-likeness (QED) is 0.721. The van der Waals surface area contributed by atoms with Crippen LogP contribution in [0.15, 0.2) is 51.9 Å². The second kappa shape index (κ2) is 4.91. The molecule has 1 aliphatic heterocycles. The zero-order valence-electron chi connectivity index (χ0n) is 11.9. The van der Waals surface area contributed by atoms with Gasteiger partial charge in [-0.05, 0) is 29.8 Å². The Hall–Kier alpha value is -3.21. The van der Waals surface area contributed by atoms with Gasteiger partial charge in [-0.2, -0.15) is 0 Å². The van der Waals surface area contributed by atoms with Crippen molar-refractivity contribution in [2.45, 2.75) is 0 Å². The van der Waals surface area contributed by atoms with Crippen molar-refractivity contribution in [3.63, 3.8) is 0 Å². The highest BCUT2D eigenvalue weighted by molar-refractivity contribution is 5.92. The van der Waals surface area contributed by atoms with Crippen molar-refractivity contribution in [1.82, 2.24) is 0 Å². The third kappa shape index (κ3) is 2.05. The molecule has 4 rings (SSSR count). The third-order valence-electron chi connectivity index (χ3n) is 3.84. The van der Waals surface area contributed by atoms with Gasteiger partial charge in [0.05, 0.1) is 11.1 Å². The van der Waals surface area contributed by atoms with Gasteiger partial charge in [0.1, 0.15) is 41.1 Å². The Bertz CT molecular complexity index is 997. The number of phenolic OH excluding ortho intramolecular Hbond substituents is 2. The minimum absolute atomic E-state index is 0.109. The molecule has 1 aliphatic rings. The molecule has 0 bridgehead atoms. The molecule has 0 fully saturated rings. The van der Waals surface area contributed by atoms with E-state index in [1.54, 1.807) is 30.4 Å². The van der Waals surface area contributed by atoms with Crippen LogP contribution in [-0.4, -0.2) is 16.8 Å². The summed E-state index contributed by atoms with van der Waals surface area (Å²) < 4.78 is 11.0. The summed E-state index contributed by atoms with van der Waals surface area (Å²) in [6.45, 7) is 0.410. The van der Waals surface area contributed by atoms with E-state index in [0.717, 1.165) is 0 Å². The van der Waals surface area contributed by atoms with E-state index in [9.17, 15) is 15.0 Å². The molecule has 0 aliphatic carbocycles. The molecule has 0 amide bonds. The summed E-state index contributed by atoms with van der Waals surface area (Å²) in [5.41, 5.74) is 1.31. The number of benzene rings is 2. The molecule has 1 aromatic heterocycles. The SMILES string of the molecule is O=c1c(-c2ccc(O)cc2)coc2cc3c(c(O)c12)C=CCO3. The van der Waals surface area contributed by atoms with Gasteiger partial charge in [0, 0.05) is 6.07 Å². The lowest BCUT2D eigenvalue weighted by molar-refractivity contribution is 0.354. The fourth-order valence-corrected chi connectivity index (χ4v) is 2.68. The van der Waals surface area contributed by atoms with Gasteiger partial charge in [-0.25, -0.2) is 0 Å². The predicted molar refractivity (Wildman–Crippen MR) is 85.8 cm³/mol. The second-order valence-electron chi connectivity index (χ2n) is 5.25. The molecule has 0 saturated carbocycles. The molecule has 2 N–H and O–H groups in total. The zero-order chi connectivity index (χ0) is 16.0. The van der Waals surface area contributed by atoms with Crippen molar-refractivity contribution < 1.29 is 19.4 Å². The van der Waals surface area contributed by atoms with Crippen molar-refractivity contribution in [2.24, 2.45) is 0 Å². The standard InChI is InChI=1S/C18H12O5/c19-11-5-3-10(4-6-11)13-9-23-15-8-14-12(2-1-7-22-14)17(20)16(15)18(13)21/h1-6,8-9,19-20H,7H2. The maximum atomic E-state index is 12.8. The first-order valence-electron chi connectivity index (χ1n) is 7.05. The van der Waals surface area contributed by atoms with E-state index < -0.39 is 0 Å². The number of ether oxygens (including phenoxy) is 1.